The van der Waals surface area contributed by atoms with Gasteiger partial charge in [-0.15, -0.1) is 0 Å². The van der Waals surface area contributed by atoms with Gasteiger partial charge in [0.2, 0.25) is 0 Å². The summed E-state index contributed by atoms with van der Waals surface area (Å²) in [6, 6.07) is 0.456. The van der Waals surface area contributed by atoms with Crippen LogP contribution in [0.25, 0.3) is 0 Å². The SMILES string of the molecule is CC[C@H](C)NC=N. The van der Waals surface area contributed by atoms with Gasteiger partial charge in [0.25, 0.3) is 0 Å². The normalized spacial score (nSPS) is 12.9. The fourth-order valence-electron chi connectivity index (χ4n) is 0.260. The lowest BCUT2D eigenvalue weighted by Gasteiger charge is -2.04. The Balaban J connectivity index is 2.98. The minimum Gasteiger partial charge on any atom is -0.374 e. The fourth-order valence-corrected chi connectivity index (χ4v) is 0.260. The average molecular weight is 100 g/mol. The molecule has 0 rings (SSSR count). The van der Waals surface area contributed by atoms with Gasteiger partial charge in [-0.3, -0.25) is 5.41 Å². The summed E-state index contributed by atoms with van der Waals surface area (Å²) in [7, 11) is 0. The van der Waals surface area contributed by atoms with Crippen LogP contribution in [0.4, 0.5) is 0 Å². The van der Waals surface area contributed by atoms with Crippen LogP contribution in [0.2, 0.25) is 0 Å². The molecule has 2 N–H and O–H groups in total. The molecule has 0 bridgehead atoms. The number of rotatable bonds is 3. The van der Waals surface area contributed by atoms with Crippen LogP contribution in [0.5, 0.6) is 0 Å². The maximum Gasteiger partial charge on any atom is 0.0793 e. The Morgan fingerprint density at radius 2 is 2.43 bits per heavy atom. The Morgan fingerprint density at radius 1 is 1.86 bits per heavy atom. The third-order valence-corrected chi connectivity index (χ3v) is 0.980. The van der Waals surface area contributed by atoms with E-state index in [-0.39, 0.29) is 0 Å². The minimum absolute atomic E-state index is 0.456. The molecule has 0 aliphatic heterocycles. The van der Waals surface area contributed by atoms with E-state index in [1.807, 2.05) is 6.92 Å². The lowest BCUT2D eigenvalue weighted by Crippen LogP contribution is -2.22. The number of hydrogen-bond acceptors (Lipinski definition) is 1. The van der Waals surface area contributed by atoms with Crippen LogP contribution in [-0.2, 0) is 0 Å². The largest absolute Gasteiger partial charge is 0.374 e. The van der Waals surface area contributed by atoms with Gasteiger partial charge in [-0.05, 0) is 13.3 Å². The van der Waals surface area contributed by atoms with Gasteiger partial charge in [-0.2, -0.15) is 0 Å². The first-order valence-electron chi connectivity index (χ1n) is 2.56. The monoisotopic (exact) mass is 100 g/mol. The van der Waals surface area contributed by atoms with Gasteiger partial charge in [0.15, 0.2) is 0 Å². The van der Waals surface area contributed by atoms with Gasteiger partial charge >= 0.3 is 0 Å². The molecule has 0 unspecified atom stereocenters. The first-order chi connectivity index (χ1) is 3.31. The molecular formula is C5H12N2. The van der Waals surface area contributed by atoms with Crippen molar-refractivity contribution in [2.75, 3.05) is 0 Å². The summed E-state index contributed by atoms with van der Waals surface area (Å²) < 4.78 is 0. The summed E-state index contributed by atoms with van der Waals surface area (Å²) in [5, 5.41) is 9.44. The smallest absolute Gasteiger partial charge is 0.0793 e. The maximum absolute atomic E-state index is 6.60. The van der Waals surface area contributed by atoms with E-state index in [2.05, 4.69) is 12.2 Å². The third-order valence-electron chi connectivity index (χ3n) is 0.980. The van der Waals surface area contributed by atoms with Gasteiger partial charge in [-0.1, -0.05) is 6.92 Å². The van der Waals surface area contributed by atoms with Crippen molar-refractivity contribution < 1.29 is 0 Å². The molecule has 0 saturated carbocycles. The van der Waals surface area contributed by atoms with Crippen molar-refractivity contribution in [1.82, 2.24) is 5.32 Å². The second-order valence-electron chi connectivity index (χ2n) is 1.62. The Kier molecular flexibility index (Phi) is 3.38. The van der Waals surface area contributed by atoms with Crippen LogP contribution in [0.1, 0.15) is 20.3 Å². The van der Waals surface area contributed by atoms with E-state index in [0.717, 1.165) is 6.42 Å². The summed E-state index contributed by atoms with van der Waals surface area (Å²) >= 11 is 0. The molecule has 0 aliphatic rings. The number of hydrogen-bond donors (Lipinski definition) is 2. The lowest BCUT2D eigenvalue weighted by atomic mass is 10.3. The van der Waals surface area contributed by atoms with Crippen molar-refractivity contribution in [2.45, 2.75) is 26.3 Å². The van der Waals surface area contributed by atoms with Crippen molar-refractivity contribution >= 4 is 6.34 Å². The molecule has 0 radical (unpaired) electrons. The predicted octanol–water partition coefficient (Wildman–Crippen LogP) is 0.982. The third kappa shape index (κ3) is 3.30. The molecule has 1 atom stereocenters. The van der Waals surface area contributed by atoms with Gasteiger partial charge in [0, 0.05) is 6.04 Å². The van der Waals surface area contributed by atoms with Gasteiger partial charge in [0.05, 0.1) is 6.34 Å². The van der Waals surface area contributed by atoms with Crippen LogP contribution >= 0.6 is 0 Å². The quantitative estimate of drug-likeness (QED) is 0.402. The molecular weight excluding hydrogens is 88.1 g/mol. The van der Waals surface area contributed by atoms with Crippen LogP contribution in [0.15, 0.2) is 0 Å². The first kappa shape index (κ1) is 6.47. The van der Waals surface area contributed by atoms with E-state index in [4.69, 9.17) is 5.41 Å². The highest BCUT2D eigenvalue weighted by Crippen LogP contribution is 1.82. The van der Waals surface area contributed by atoms with Crippen LogP contribution in [0.3, 0.4) is 0 Å². The van der Waals surface area contributed by atoms with E-state index >= 15 is 0 Å². The molecule has 0 aliphatic carbocycles. The summed E-state index contributed by atoms with van der Waals surface area (Å²) in [6.07, 6.45) is 2.31. The topological polar surface area (TPSA) is 35.9 Å². The molecule has 2 heteroatoms. The molecule has 0 aromatic carbocycles. The zero-order valence-corrected chi connectivity index (χ0v) is 4.86. The Morgan fingerprint density at radius 3 is 2.57 bits per heavy atom. The lowest BCUT2D eigenvalue weighted by molar-refractivity contribution is 0.648. The molecule has 0 spiro atoms. The van der Waals surface area contributed by atoms with Crippen molar-refractivity contribution in [3.63, 3.8) is 0 Å². The molecule has 0 aromatic rings. The van der Waals surface area contributed by atoms with E-state index in [9.17, 15) is 0 Å². The van der Waals surface area contributed by atoms with E-state index < -0.39 is 0 Å². The fraction of sp³-hybridized carbons (Fsp3) is 0.800. The van der Waals surface area contributed by atoms with Gasteiger partial charge in [-0.25, -0.2) is 0 Å². The molecule has 2 nitrogen and oxygen atoms in total. The summed E-state index contributed by atoms with van der Waals surface area (Å²) in [4.78, 5) is 0. The summed E-state index contributed by atoms with van der Waals surface area (Å²) in [5.41, 5.74) is 0. The van der Waals surface area contributed by atoms with E-state index in [0.29, 0.717) is 6.04 Å². The second-order valence-corrected chi connectivity index (χ2v) is 1.62. The summed E-state index contributed by atoms with van der Waals surface area (Å²) in [5.74, 6) is 0. The molecule has 0 saturated heterocycles. The van der Waals surface area contributed by atoms with E-state index in [1.165, 1.54) is 6.34 Å². The van der Waals surface area contributed by atoms with Gasteiger partial charge in [0.1, 0.15) is 0 Å². The molecule has 0 aromatic heterocycles. The molecule has 0 fully saturated rings. The first-order valence-corrected chi connectivity index (χ1v) is 2.56. The second kappa shape index (κ2) is 3.65. The zero-order valence-electron chi connectivity index (χ0n) is 4.86. The predicted molar refractivity (Wildman–Crippen MR) is 31.7 cm³/mol. The molecule has 42 valence electrons. The summed E-state index contributed by atoms with van der Waals surface area (Å²) in [6.45, 7) is 4.13. The molecule has 0 amide bonds. The zero-order chi connectivity index (χ0) is 5.70. The maximum atomic E-state index is 6.60. The molecule has 0 heterocycles. The number of nitrogens with one attached hydrogen (secondary N) is 2. The highest BCUT2D eigenvalue weighted by molar-refractivity contribution is 5.49. The standard InChI is InChI=1S/C5H12N2/c1-3-5(2)7-4-6/h4-5H,3H2,1-2H3,(H2,6,7)/t5-/m0/s1. The van der Waals surface area contributed by atoms with Crippen LogP contribution in [0, 0.1) is 5.41 Å². The van der Waals surface area contributed by atoms with Crippen molar-refractivity contribution in [3.05, 3.63) is 0 Å². The highest BCUT2D eigenvalue weighted by Gasteiger charge is 1.88. The van der Waals surface area contributed by atoms with Crippen molar-refractivity contribution in [1.29, 1.82) is 5.41 Å². The van der Waals surface area contributed by atoms with Crippen LogP contribution < -0.4 is 5.32 Å². The van der Waals surface area contributed by atoms with Crippen molar-refractivity contribution in [3.8, 4) is 0 Å². The highest BCUT2D eigenvalue weighted by atomic mass is 14.9. The van der Waals surface area contributed by atoms with Gasteiger partial charge < -0.3 is 5.32 Å². The van der Waals surface area contributed by atoms with Crippen LogP contribution in [-0.4, -0.2) is 12.4 Å². The Bertz CT molecular complexity index is 52.0. The Hall–Kier alpha value is -0.530. The van der Waals surface area contributed by atoms with Crippen molar-refractivity contribution in [2.24, 2.45) is 0 Å². The molecule has 7 heavy (non-hydrogen) atoms. The average Bonchev–Trinajstić information content (AvgIpc) is 1.68. The Labute approximate surface area is 44.4 Å². The van der Waals surface area contributed by atoms with E-state index in [1.54, 1.807) is 0 Å². The minimum atomic E-state index is 0.456.